The number of piperidine rings is 1. The van der Waals surface area contributed by atoms with Crippen LogP contribution in [0.5, 0.6) is 0 Å². The van der Waals surface area contributed by atoms with Crippen LogP contribution in [-0.2, 0) is 4.74 Å². The van der Waals surface area contributed by atoms with Crippen LogP contribution in [0.4, 0.5) is 4.79 Å². The third-order valence-electron chi connectivity index (χ3n) is 2.32. The number of nitrogens with zero attached hydrogens (tertiary/aromatic N) is 1. The van der Waals surface area contributed by atoms with E-state index in [2.05, 4.69) is 17.6 Å². The number of hydrogen-bond acceptors (Lipinski definition) is 3. The molecule has 1 fully saturated rings. The standard InChI is InChI=1S/C10H19N2O2/c1-2-3-8-14-10(13)12-9-4-6-11-7-5-9/h9,11H,2-8H2,1H3. The number of hydrogen-bond donors (Lipinski definition) is 1. The van der Waals surface area contributed by atoms with Crippen LogP contribution in [0.2, 0.25) is 0 Å². The van der Waals surface area contributed by atoms with E-state index in [1.54, 1.807) is 0 Å². The van der Waals surface area contributed by atoms with Gasteiger partial charge in [0.25, 0.3) is 0 Å². The second kappa shape index (κ2) is 6.65. The molecular weight excluding hydrogens is 180 g/mol. The minimum Gasteiger partial charge on any atom is -0.448 e. The molecule has 4 nitrogen and oxygen atoms in total. The Morgan fingerprint density at radius 1 is 1.50 bits per heavy atom. The fourth-order valence-corrected chi connectivity index (χ4v) is 1.43. The van der Waals surface area contributed by atoms with Gasteiger partial charge < -0.3 is 10.1 Å². The molecule has 1 radical (unpaired) electrons. The van der Waals surface area contributed by atoms with Gasteiger partial charge in [0, 0.05) is 0 Å². The van der Waals surface area contributed by atoms with Gasteiger partial charge in [-0.15, -0.1) is 0 Å². The zero-order valence-electron chi connectivity index (χ0n) is 8.79. The maximum Gasteiger partial charge on any atom is 0.429 e. The Labute approximate surface area is 85.4 Å². The summed E-state index contributed by atoms with van der Waals surface area (Å²) in [7, 11) is 0. The van der Waals surface area contributed by atoms with Gasteiger partial charge in [-0.3, -0.25) is 0 Å². The number of ether oxygens (including phenoxy) is 1. The van der Waals surface area contributed by atoms with Crippen LogP contribution < -0.4 is 10.6 Å². The lowest BCUT2D eigenvalue weighted by atomic mass is 10.1. The first kappa shape index (κ1) is 11.3. The average Bonchev–Trinajstić information content (AvgIpc) is 2.20. The van der Waals surface area contributed by atoms with Crippen molar-refractivity contribution in [2.24, 2.45) is 0 Å². The Hall–Kier alpha value is -0.770. The Morgan fingerprint density at radius 3 is 2.86 bits per heavy atom. The molecule has 0 saturated carbocycles. The van der Waals surface area contributed by atoms with E-state index < -0.39 is 0 Å². The smallest absolute Gasteiger partial charge is 0.429 e. The van der Waals surface area contributed by atoms with E-state index in [1.165, 1.54) is 0 Å². The summed E-state index contributed by atoms with van der Waals surface area (Å²) in [5.74, 6) is 0. The molecule has 81 valence electrons. The molecule has 0 atom stereocenters. The molecule has 1 aliphatic rings. The van der Waals surface area contributed by atoms with E-state index in [1.807, 2.05) is 0 Å². The summed E-state index contributed by atoms with van der Waals surface area (Å²) < 4.78 is 4.96. The highest BCUT2D eigenvalue weighted by Crippen LogP contribution is 2.03. The highest BCUT2D eigenvalue weighted by molar-refractivity contribution is 5.67. The fraction of sp³-hybridized carbons (Fsp3) is 0.900. The largest absolute Gasteiger partial charge is 0.448 e. The van der Waals surface area contributed by atoms with Gasteiger partial charge in [0.1, 0.15) is 0 Å². The van der Waals surface area contributed by atoms with E-state index in [9.17, 15) is 4.79 Å². The highest BCUT2D eigenvalue weighted by Gasteiger charge is 2.17. The molecule has 0 spiro atoms. The summed E-state index contributed by atoms with van der Waals surface area (Å²) in [6.07, 6.45) is 3.48. The van der Waals surface area contributed by atoms with Gasteiger partial charge in [0.2, 0.25) is 0 Å². The van der Waals surface area contributed by atoms with E-state index in [-0.39, 0.29) is 12.1 Å². The van der Waals surface area contributed by atoms with Gasteiger partial charge in [-0.1, -0.05) is 13.3 Å². The lowest BCUT2D eigenvalue weighted by molar-refractivity contribution is 0.137. The predicted molar refractivity (Wildman–Crippen MR) is 54.3 cm³/mol. The van der Waals surface area contributed by atoms with Gasteiger partial charge in [-0.2, -0.15) is 0 Å². The van der Waals surface area contributed by atoms with Crippen LogP contribution in [0.1, 0.15) is 32.6 Å². The molecule has 1 heterocycles. The Kier molecular flexibility index (Phi) is 5.37. The van der Waals surface area contributed by atoms with Crippen molar-refractivity contribution in [2.45, 2.75) is 38.6 Å². The van der Waals surface area contributed by atoms with Gasteiger partial charge in [0.15, 0.2) is 0 Å². The Morgan fingerprint density at radius 2 is 2.21 bits per heavy atom. The van der Waals surface area contributed by atoms with Crippen molar-refractivity contribution in [3.63, 3.8) is 0 Å². The minimum absolute atomic E-state index is 0.172. The lowest BCUT2D eigenvalue weighted by Crippen LogP contribution is -2.38. The topological polar surface area (TPSA) is 52.4 Å². The van der Waals surface area contributed by atoms with Crippen LogP contribution in [-0.4, -0.2) is 31.8 Å². The molecule has 0 bridgehead atoms. The van der Waals surface area contributed by atoms with Gasteiger partial charge >= 0.3 is 6.09 Å². The van der Waals surface area contributed by atoms with E-state index in [4.69, 9.17) is 4.74 Å². The lowest BCUT2D eigenvalue weighted by Gasteiger charge is -2.21. The first-order valence-corrected chi connectivity index (χ1v) is 5.41. The van der Waals surface area contributed by atoms with Crippen molar-refractivity contribution >= 4 is 6.09 Å². The molecule has 1 N–H and O–H groups in total. The quantitative estimate of drug-likeness (QED) is 0.694. The van der Waals surface area contributed by atoms with Crippen molar-refractivity contribution in [1.82, 2.24) is 10.6 Å². The summed E-state index contributed by atoms with van der Waals surface area (Å²) in [6.45, 7) is 4.48. The normalized spacial score (nSPS) is 17.8. The van der Waals surface area contributed by atoms with Gasteiger partial charge in [-0.25, -0.2) is 10.1 Å². The molecule has 0 aromatic rings. The van der Waals surface area contributed by atoms with Crippen LogP contribution >= 0.6 is 0 Å². The van der Waals surface area contributed by atoms with Crippen LogP contribution in [0.15, 0.2) is 0 Å². The molecule has 1 amide bonds. The second-order valence-corrected chi connectivity index (χ2v) is 3.58. The zero-order valence-corrected chi connectivity index (χ0v) is 8.79. The number of unbranched alkanes of at least 4 members (excludes halogenated alkanes) is 1. The third kappa shape index (κ3) is 4.46. The fourth-order valence-electron chi connectivity index (χ4n) is 1.43. The van der Waals surface area contributed by atoms with Crippen molar-refractivity contribution in [3.8, 4) is 0 Å². The van der Waals surface area contributed by atoms with Gasteiger partial charge in [-0.05, 0) is 32.4 Å². The predicted octanol–water partition coefficient (Wildman–Crippen LogP) is 1.28. The molecule has 4 heteroatoms. The van der Waals surface area contributed by atoms with Crippen LogP contribution in [0.25, 0.3) is 0 Å². The highest BCUT2D eigenvalue weighted by atomic mass is 16.5. The van der Waals surface area contributed by atoms with Crippen molar-refractivity contribution < 1.29 is 9.53 Å². The second-order valence-electron chi connectivity index (χ2n) is 3.58. The molecule has 0 aromatic heterocycles. The van der Waals surface area contributed by atoms with E-state index in [0.717, 1.165) is 38.8 Å². The summed E-state index contributed by atoms with van der Waals surface area (Å²) in [4.78, 5) is 11.2. The first-order valence-electron chi connectivity index (χ1n) is 5.41. The SMILES string of the molecule is CCCCOC(=O)[N]C1CCNCC1. The molecule has 1 rings (SSSR count). The summed E-state index contributed by atoms with van der Waals surface area (Å²) in [6, 6.07) is 0.172. The van der Waals surface area contributed by atoms with Gasteiger partial charge in [0.05, 0.1) is 12.6 Å². The molecule has 1 saturated heterocycles. The van der Waals surface area contributed by atoms with Crippen molar-refractivity contribution in [3.05, 3.63) is 0 Å². The molecule has 1 aliphatic heterocycles. The van der Waals surface area contributed by atoms with Crippen LogP contribution in [0.3, 0.4) is 0 Å². The van der Waals surface area contributed by atoms with Crippen LogP contribution in [0, 0.1) is 0 Å². The maximum atomic E-state index is 11.2. The summed E-state index contributed by atoms with van der Waals surface area (Å²) in [5, 5.41) is 7.23. The Bertz CT molecular complexity index is 168. The first-order chi connectivity index (χ1) is 6.83. The van der Waals surface area contributed by atoms with E-state index in [0.29, 0.717) is 6.61 Å². The zero-order chi connectivity index (χ0) is 10.2. The van der Waals surface area contributed by atoms with Crippen molar-refractivity contribution in [1.29, 1.82) is 0 Å². The number of rotatable bonds is 4. The minimum atomic E-state index is -0.384. The third-order valence-corrected chi connectivity index (χ3v) is 2.32. The molecular formula is C10H19N2O2. The molecule has 14 heavy (non-hydrogen) atoms. The number of amides is 1. The molecule has 0 aromatic carbocycles. The summed E-state index contributed by atoms with van der Waals surface area (Å²) >= 11 is 0. The monoisotopic (exact) mass is 199 g/mol. The maximum absolute atomic E-state index is 11.2. The average molecular weight is 199 g/mol. The molecule has 0 aliphatic carbocycles. The molecule has 0 unspecified atom stereocenters. The van der Waals surface area contributed by atoms with E-state index >= 15 is 0 Å². The number of nitrogens with one attached hydrogen (secondary N) is 1. The summed E-state index contributed by atoms with van der Waals surface area (Å²) in [5.41, 5.74) is 0. The number of carbonyl (C=O) groups excluding carboxylic acids is 1. The number of carbonyl (C=O) groups is 1. The van der Waals surface area contributed by atoms with Crippen molar-refractivity contribution in [2.75, 3.05) is 19.7 Å². The Balaban J connectivity index is 2.06.